The van der Waals surface area contributed by atoms with Crippen LogP contribution >= 0.6 is 0 Å². The van der Waals surface area contributed by atoms with Crippen LogP contribution < -0.4 is 0 Å². The third-order valence-electron chi connectivity index (χ3n) is 10.6. The van der Waals surface area contributed by atoms with Gasteiger partial charge in [-0.2, -0.15) is 0 Å². The summed E-state index contributed by atoms with van der Waals surface area (Å²) in [5.74, 6) is -1.27. The van der Waals surface area contributed by atoms with Crippen LogP contribution in [0, 0.1) is 20.2 Å². The van der Waals surface area contributed by atoms with Crippen molar-refractivity contribution in [2.45, 2.75) is 206 Å². The quantitative estimate of drug-likeness (QED) is 0.0210. The van der Waals surface area contributed by atoms with Gasteiger partial charge in [0, 0.05) is 48.2 Å². The van der Waals surface area contributed by atoms with E-state index < -0.39 is 40.5 Å². The third kappa shape index (κ3) is 24.5. The molecule has 2 rings (SSSR count). The van der Waals surface area contributed by atoms with E-state index in [2.05, 4.69) is 13.8 Å². The Balaban J connectivity index is 1.91. The van der Waals surface area contributed by atoms with Crippen molar-refractivity contribution in [3.8, 4) is 0 Å². The number of esters is 2. The van der Waals surface area contributed by atoms with Crippen LogP contribution in [0.5, 0.6) is 0 Å². The Morgan fingerprint density at radius 3 is 0.917 bits per heavy atom. The fourth-order valence-electron chi connectivity index (χ4n) is 6.96. The predicted octanol–water partition coefficient (Wildman–Crippen LogP) is 14.4. The van der Waals surface area contributed by atoms with E-state index in [1.165, 1.54) is 151 Å². The van der Waals surface area contributed by atoms with Crippen LogP contribution in [0.25, 0.3) is 0 Å². The smallest absolute Gasteiger partial charge is 0.420 e. The number of carbonyl (C=O) groups is 3. The molecule has 0 saturated heterocycles. The number of nitro benzene ring substituents is 2. The largest absolute Gasteiger partial charge is 0.515 e. The van der Waals surface area contributed by atoms with Gasteiger partial charge in [-0.1, -0.05) is 168 Å². The van der Waals surface area contributed by atoms with Gasteiger partial charge in [0.15, 0.2) is 0 Å². The number of nitrogens with zero attached hydrogens (tertiary/aromatic N) is 2. The highest BCUT2D eigenvalue weighted by Gasteiger charge is 2.28. The Bertz CT molecular complexity index is 1370. The molecule has 2 aromatic rings. The van der Waals surface area contributed by atoms with Gasteiger partial charge < -0.3 is 18.9 Å². The van der Waals surface area contributed by atoms with Crippen LogP contribution in [0.2, 0.25) is 0 Å². The van der Waals surface area contributed by atoms with Crippen LogP contribution in [-0.4, -0.2) is 27.9 Å². The lowest BCUT2D eigenvalue weighted by Crippen LogP contribution is -2.22. The van der Waals surface area contributed by atoms with Gasteiger partial charge in [-0.05, 0) is 37.1 Å². The average molecular weight is 841 g/mol. The first-order valence-electron chi connectivity index (χ1n) is 22.9. The summed E-state index contributed by atoms with van der Waals surface area (Å²) in [4.78, 5) is 60.5. The summed E-state index contributed by atoms with van der Waals surface area (Å²) in [5.41, 5.74) is -0.149. The molecule has 0 N–H and O–H groups in total. The lowest BCUT2D eigenvalue weighted by Gasteiger charge is -2.22. The monoisotopic (exact) mass is 841 g/mol. The molecule has 13 heteroatoms. The topological polar surface area (TPSA) is 174 Å². The number of unbranched alkanes of at least 4 members (excludes halogenated alkanes) is 24. The molecule has 0 bridgehead atoms. The molecule has 0 aromatic heterocycles. The van der Waals surface area contributed by atoms with Crippen molar-refractivity contribution in [1.29, 1.82) is 0 Å². The molecule has 13 nitrogen and oxygen atoms in total. The molecular formula is C47H72N2O11. The van der Waals surface area contributed by atoms with Crippen LogP contribution in [-0.2, 0) is 28.5 Å². The second kappa shape index (κ2) is 33.2. The van der Waals surface area contributed by atoms with Crippen molar-refractivity contribution >= 4 is 29.5 Å². The zero-order valence-corrected chi connectivity index (χ0v) is 36.5. The molecule has 0 amide bonds. The number of nitro groups is 2. The summed E-state index contributed by atoms with van der Waals surface area (Å²) < 4.78 is 21.9. The summed E-state index contributed by atoms with van der Waals surface area (Å²) in [7, 11) is 0. The van der Waals surface area contributed by atoms with Crippen molar-refractivity contribution in [3.05, 3.63) is 79.9 Å². The van der Waals surface area contributed by atoms with Crippen LogP contribution in [0.4, 0.5) is 16.2 Å². The Morgan fingerprint density at radius 1 is 0.417 bits per heavy atom. The average Bonchev–Trinajstić information content (AvgIpc) is 3.23. The molecule has 0 aliphatic heterocycles. The summed E-state index contributed by atoms with van der Waals surface area (Å²) in [6.07, 6.45) is 25.4. The maximum absolute atomic E-state index is 13.3. The first-order valence-corrected chi connectivity index (χ1v) is 22.9. The minimum atomic E-state index is -1.62. The lowest BCUT2D eigenvalue weighted by molar-refractivity contribution is -0.385. The second-order valence-corrected chi connectivity index (χ2v) is 15.8. The highest BCUT2D eigenvalue weighted by Crippen LogP contribution is 2.28. The van der Waals surface area contributed by atoms with E-state index in [9.17, 15) is 34.6 Å². The Hall–Kier alpha value is -4.55. The molecule has 0 fully saturated rings. The van der Waals surface area contributed by atoms with E-state index in [0.717, 1.165) is 51.4 Å². The summed E-state index contributed by atoms with van der Waals surface area (Å²) in [5, 5.41) is 22.5. The maximum Gasteiger partial charge on any atom is 0.515 e. The second-order valence-electron chi connectivity index (χ2n) is 15.8. The van der Waals surface area contributed by atoms with Crippen LogP contribution in [0.1, 0.15) is 217 Å². The van der Waals surface area contributed by atoms with Crippen LogP contribution in [0.3, 0.4) is 0 Å². The summed E-state index contributed by atoms with van der Waals surface area (Å²) in [6.45, 7) is 4.45. The molecule has 0 aliphatic carbocycles. The Labute approximate surface area is 358 Å². The minimum Gasteiger partial charge on any atom is -0.420 e. The first kappa shape index (κ1) is 51.6. The molecule has 2 aromatic carbocycles. The van der Waals surface area contributed by atoms with Gasteiger partial charge in [0.05, 0.1) is 9.85 Å². The molecule has 0 saturated carbocycles. The van der Waals surface area contributed by atoms with Crippen molar-refractivity contribution in [2.75, 3.05) is 0 Å². The number of hydrogen-bond donors (Lipinski definition) is 0. The molecule has 60 heavy (non-hydrogen) atoms. The fraction of sp³-hybridized carbons (Fsp3) is 0.681. The van der Waals surface area contributed by atoms with E-state index in [4.69, 9.17) is 18.9 Å². The lowest BCUT2D eigenvalue weighted by atomic mass is 10.0. The standard InChI is InChI=1S/C47H72N2O11/c1-3-5-7-9-11-13-15-17-19-21-23-25-27-29-43(50)57-45(39-31-35-41(36-32-39)48(53)54)59-47(52)60-46(40-33-37-42(38-34-40)49(55)56)58-44(51)30-28-26-24-22-20-18-16-14-12-10-8-6-4-2/h31-38,45-46H,3-30H2,1-2H3. The van der Waals surface area contributed by atoms with Crippen molar-refractivity contribution in [1.82, 2.24) is 0 Å². The van der Waals surface area contributed by atoms with E-state index >= 15 is 0 Å². The van der Waals surface area contributed by atoms with Crippen LogP contribution in [0.15, 0.2) is 48.5 Å². The molecule has 0 heterocycles. The van der Waals surface area contributed by atoms with Crippen molar-refractivity contribution in [2.24, 2.45) is 0 Å². The highest BCUT2D eigenvalue weighted by atomic mass is 16.8. The van der Waals surface area contributed by atoms with Gasteiger partial charge in [-0.15, -0.1) is 0 Å². The summed E-state index contributed by atoms with van der Waals surface area (Å²) in [6, 6.07) is 9.97. The normalized spacial score (nSPS) is 12.0. The fourth-order valence-corrected chi connectivity index (χ4v) is 6.96. The molecule has 0 radical (unpaired) electrons. The van der Waals surface area contributed by atoms with Crippen molar-refractivity contribution in [3.63, 3.8) is 0 Å². The molecule has 0 spiro atoms. The number of rotatable bonds is 36. The van der Waals surface area contributed by atoms with E-state index in [1.807, 2.05) is 0 Å². The highest BCUT2D eigenvalue weighted by molar-refractivity contribution is 5.71. The molecular weight excluding hydrogens is 769 g/mol. The van der Waals surface area contributed by atoms with E-state index in [-0.39, 0.29) is 35.3 Å². The van der Waals surface area contributed by atoms with Gasteiger partial charge in [0.2, 0.25) is 0 Å². The number of benzene rings is 2. The zero-order chi connectivity index (χ0) is 43.6. The third-order valence-corrected chi connectivity index (χ3v) is 10.6. The van der Waals surface area contributed by atoms with Gasteiger partial charge in [0.25, 0.3) is 24.0 Å². The number of ether oxygens (including phenoxy) is 4. The predicted molar refractivity (Wildman–Crippen MR) is 232 cm³/mol. The van der Waals surface area contributed by atoms with Gasteiger partial charge in [-0.25, -0.2) is 4.79 Å². The molecule has 336 valence electrons. The van der Waals surface area contributed by atoms with Crippen molar-refractivity contribution < 1.29 is 43.2 Å². The number of carbonyl (C=O) groups excluding carboxylic acids is 3. The number of non-ortho nitro benzene ring substituents is 2. The molecule has 2 atom stereocenters. The Morgan fingerprint density at radius 2 is 0.667 bits per heavy atom. The molecule has 2 unspecified atom stereocenters. The minimum absolute atomic E-state index is 0.0713. The van der Waals surface area contributed by atoms with Gasteiger partial charge >= 0.3 is 18.1 Å². The SMILES string of the molecule is CCCCCCCCCCCCCCCC(=O)OC(OC(=O)OC(OC(=O)CCCCCCCCCCCCCCC)c1ccc([N+](=O)[O-])cc1)c1ccc([N+](=O)[O-])cc1. The maximum atomic E-state index is 13.3. The first-order chi connectivity index (χ1) is 29.1. The number of hydrogen-bond acceptors (Lipinski definition) is 11. The van der Waals surface area contributed by atoms with E-state index in [1.54, 1.807) is 0 Å². The molecule has 0 aliphatic rings. The van der Waals surface area contributed by atoms with E-state index in [0.29, 0.717) is 12.8 Å². The van der Waals surface area contributed by atoms with Gasteiger partial charge in [0.1, 0.15) is 0 Å². The van der Waals surface area contributed by atoms with Gasteiger partial charge in [-0.3, -0.25) is 29.8 Å². The zero-order valence-electron chi connectivity index (χ0n) is 36.5. The summed E-state index contributed by atoms with van der Waals surface area (Å²) >= 11 is 0. The Kier molecular flexibility index (Phi) is 28.5.